The minimum atomic E-state index is -0.458. The molecule has 1 amide bonds. The average molecular weight is 411 g/mol. The van der Waals surface area contributed by atoms with Crippen LogP contribution in [0.25, 0.3) is 0 Å². The van der Waals surface area contributed by atoms with Gasteiger partial charge in [-0.15, -0.1) is 0 Å². The Hall–Kier alpha value is -0.610. The number of hydrogen-bond acceptors (Lipinski definition) is 3. The molecular formula is C25H50N2O2. The summed E-state index contributed by atoms with van der Waals surface area (Å²) in [5.74, 6) is 1.67. The maximum Gasteiger partial charge on any atom is 0.223 e. The number of carbonyl (C=O) groups excluding carboxylic acids is 1. The van der Waals surface area contributed by atoms with E-state index in [1.165, 1.54) is 38.5 Å². The third kappa shape index (κ3) is 11.4. The zero-order chi connectivity index (χ0) is 21.6. The van der Waals surface area contributed by atoms with Crippen LogP contribution in [0.3, 0.4) is 0 Å². The topological polar surface area (TPSA) is 61.4 Å². The molecule has 1 fully saturated rings. The van der Waals surface area contributed by atoms with E-state index in [4.69, 9.17) is 0 Å². The molecule has 0 heterocycles. The highest BCUT2D eigenvalue weighted by molar-refractivity contribution is 5.78. The Balaban J connectivity index is 2.66. The number of amides is 1. The normalized spacial score (nSPS) is 18.8. The molecule has 0 aromatic rings. The zero-order valence-electron chi connectivity index (χ0n) is 20.0. The lowest BCUT2D eigenvalue weighted by Crippen LogP contribution is -2.45. The Labute approximate surface area is 181 Å². The van der Waals surface area contributed by atoms with Gasteiger partial charge in [-0.05, 0) is 56.4 Å². The van der Waals surface area contributed by atoms with Crippen LogP contribution in [0.5, 0.6) is 0 Å². The summed E-state index contributed by atoms with van der Waals surface area (Å²) >= 11 is 0. The third-order valence-corrected chi connectivity index (χ3v) is 6.61. The quantitative estimate of drug-likeness (QED) is 0.321. The summed E-state index contributed by atoms with van der Waals surface area (Å²) in [4.78, 5) is 12.7. The van der Waals surface area contributed by atoms with Crippen molar-refractivity contribution in [3.05, 3.63) is 0 Å². The van der Waals surface area contributed by atoms with Crippen LogP contribution in [0, 0.1) is 23.7 Å². The van der Waals surface area contributed by atoms with Gasteiger partial charge in [0.05, 0.1) is 6.10 Å². The Bertz CT molecular complexity index is 419. The lowest BCUT2D eigenvalue weighted by Gasteiger charge is -2.32. The van der Waals surface area contributed by atoms with Gasteiger partial charge in [0.15, 0.2) is 0 Å². The molecule has 4 heteroatoms. The van der Waals surface area contributed by atoms with E-state index in [0.29, 0.717) is 6.42 Å². The molecule has 1 rings (SSSR count). The molecule has 0 aromatic carbocycles. The molecule has 1 aliphatic rings. The smallest absolute Gasteiger partial charge is 0.223 e. The van der Waals surface area contributed by atoms with E-state index in [9.17, 15) is 9.90 Å². The minimum Gasteiger partial charge on any atom is -0.391 e. The highest BCUT2D eigenvalue weighted by Gasteiger charge is 2.30. The van der Waals surface area contributed by atoms with Crippen LogP contribution >= 0.6 is 0 Å². The molecular weight excluding hydrogens is 360 g/mol. The molecule has 0 spiro atoms. The van der Waals surface area contributed by atoms with Crippen molar-refractivity contribution in [2.75, 3.05) is 13.1 Å². The van der Waals surface area contributed by atoms with E-state index in [1.54, 1.807) is 0 Å². The number of hydrogen-bond donors (Lipinski definition) is 3. The van der Waals surface area contributed by atoms with Gasteiger partial charge in [-0.3, -0.25) is 4.79 Å². The predicted octanol–water partition coefficient (Wildman–Crippen LogP) is 5.29. The first-order valence-electron chi connectivity index (χ1n) is 12.5. The van der Waals surface area contributed by atoms with Gasteiger partial charge in [0, 0.05) is 18.5 Å². The van der Waals surface area contributed by atoms with E-state index in [1.807, 2.05) is 0 Å². The molecule has 3 atom stereocenters. The Kier molecular flexibility index (Phi) is 13.9. The molecule has 0 aromatic heterocycles. The average Bonchev–Trinajstić information content (AvgIpc) is 2.68. The van der Waals surface area contributed by atoms with Crippen molar-refractivity contribution in [3.63, 3.8) is 0 Å². The second-order valence-electron chi connectivity index (χ2n) is 10.1. The van der Waals surface area contributed by atoms with Gasteiger partial charge in [0.2, 0.25) is 5.91 Å². The van der Waals surface area contributed by atoms with Crippen molar-refractivity contribution in [2.45, 2.75) is 117 Å². The zero-order valence-corrected chi connectivity index (χ0v) is 20.0. The van der Waals surface area contributed by atoms with Crippen molar-refractivity contribution in [2.24, 2.45) is 23.7 Å². The van der Waals surface area contributed by atoms with Gasteiger partial charge in [0.1, 0.15) is 0 Å². The van der Waals surface area contributed by atoms with Crippen molar-refractivity contribution in [1.29, 1.82) is 0 Å². The molecule has 0 saturated heterocycles. The molecule has 0 aliphatic heterocycles. The highest BCUT2D eigenvalue weighted by Crippen LogP contribution is 2.29. The van der Waals surface area contributed by atoms with Crippen molar-refractivity contribution in [3.8, 4) is 0 Å². The van der Waals surface area contributed by atoms with Crippen LogP contribution in [0.15, 0.2) is 0 Å². The lowest BCUT2D eigenvalue weighted by atomic mass is 9.81. The van der Waals surface area contributed by atoms with Gasteiger partial charge >= 0.3 is 0 Å². The first kappa shape index (κ1) is 26.4. The highest BCUT2D eigenvalue weighted by atomic mass is 16.3. The molecule has 29 heavy (non-hydrogen) atoms. The standard InChI is InChI=1S/C25H50N2O2/c1-6-7-15-27-25(29)22(20(4)5)18-24(28)23(26-16-11-12-19(2)3)17-21-13-9-8-10-14-21/h19-24,26,28H,6-18H2,1-5H3,(H,27,29). The predicted molar refractivity (Wildman–Crippen MR) is 124 cm³/mol. The second-order valence-corrected chi connectivity index (χ2v) is 10.1. The van der Waals surface area contributed by atoms with Gasteiger partial charge in [-0.25, -0.2) is 0 Å². The number of carbonyl (C=O) groups is 1. The fourth-order valence-corrected chi connectivity index (χ4v) is 4.58. The first-order valence-corrected chi connectivity index (χ1v) is 12.5. The van der Waals surface area contributed by atoms with E-state index in [2.05, 4.69) is 45.3 Å². The van der Waals surface area contributed by atoms with Crippen molar-refractivity contribution < 1.29 is 9.90 Å². The molecule has 3 unspecified atom stereocenters. The molecule has 172 valence electrons. The van der Waals surface area contributed by atoms with Crippen LogP contribution in [-0.4, -0.2) is 36.2 Å². The number of nitrogens with one attached hydrogen (secondary N) is 2. The summed E-state index contributed by atoms with van der Waals surface area (Å²) in [6.07, 6.45) is 12.2. The maximum atomic E-state index is 12.7. The second kappa shape index (κ2) is 15.2. The summed E-state index contributed by atoms with van der Waals surface area (Å²) in [7, 11) is 0. The van der Waals surface area contributed by atoms with Gasteiger partial charge in [0.25, 0.3) is 0 Å². The maximum absolute atomic E-state index is 12.7. The third-order valence-electron chi connectivity index (χ3n) is 6.61. The van der Waals surface area contributed by atoms with Gasteiger partial charge in [-0.2, -0.15) is 0 Å². The number of aliphatic hydroxyl groups excluding tert-OH is 1. The largest absolute Gasteiger partial charge is 0.391 e. The Morgan fingerprint density at radius 2 is 1.72 bits per heavy atom. The summed E-state index contributed by atoms with van der Waals surface area (Å²) in [6.45, 7) is 12.6. The number of unbranched alkanes of at least 4 members (excludes halogenated alkanes) is 1. The van der Waals surface area contributed by atoms with Crippen LogP contribution < -0.4 is 10.6 Å². The van der Waals surface area contributed by atoms with Crippen molar-refractivity contribution >= 4 is 5.91 Å². The Morgan fingerprint density at radius 3 is 2.31 bits per heavy atom. The van der Waals surface area contributed by atoms with Crippen LogP contribution in [0.2, 0.25) is 0 Å². The molecule has 1 saturated carbocycles. The summed E-state index contributed by atoms with van der Waals surface area (Å²) < 4.78 is 0. The summed E-state index contributed by atoms with van der Waals surface area (Å²) in [5, 5.41) is 17.9. The minimum absolute atomic E-state index is 0.106. The van der Waals surface area contributed by atoms with Crippen LogP contribution in [-0.2, 0) is 4.79 Å². The summed E-state index contributed by atoms with van der Waals surface area (Å²) in [6, 6.07) is 0.106. The number of aliphatic hydroxyl groups is 1. The molecule has 0 bridgehead atoms. The molecule has 3 N–H and O–H groups in total. The van der Waals surface area contributed by atoms with E-state index >= 15 is 0 Å². The molecule has 0 radical (unpaired) electrons. The summed E-state index contributed by atoms with van der Waals surface area (Å²) in [5.41, 5.74) is 0. The van der Waals surface area contributed by atoms with E-state index < -0.39 is 6.10 Å². The van der Waals surface area contributed by atoms with E-state index in [0.717, 1.165) is 50.6 Å². The first-order chi connectivity index (χ1) is 13.8. The fraction of sp³-hybridized carbons (Fsp3) is 0.960. The van der Waals surface area contributed by atoms with Crippen molar-refractivity contribution in [1.82, 2.24) is 10.6 Å². The molecule has 4 nitrogen and oxygen atoms in total. The van der Waals surface area contributed by atoms with E-state index in [-0.39, 0.29) is 23.8 Å². The van der Waals surface area contributed by atoms with Gasteiger partial charge < -0.3 is 15.7 Å². The SMILES string of the molecule is CCCCNC(=O)C(CC(O)C(CC1CCCCC1)NCCCC(C)C)C(C)C. The number of rotatable bonds is 15. The molecule has 1 aliphatic carbocycles. The fourth-order valence-electron chi connectivity index (χ4n) is 4.58. The van der Waals surface area contributed by atoms with Gasteiger partial charge in [-0.1, -0.05) is 73.1 Å². The monoisotopic (exact) mass is 410 g/mol. The lowest BCUT2D eigenvalue weighted by molar-refractivity contribution is -0.127. The van der Waals surface area contributed by atoms with Crippen LogP contribution in [0.4, 0.5) is 0 Å². The van der Waals surface area contributed by atoms with Crippen LogP contribution in [0.1, 0.15) is 105 Å². The Morgan fingerprint density at radius 1 is 1.03 bits per heavy atom.